The number of amides is 1. The normalized spacial score (nSPS) is 10.2. The van der Waals surface area contributed by atoms with Crippen LogP contribution in [0.5, 0.6) is 5.75 Å². The van der Waals surface area contributed by atoms with Crippen molar-refractivity contribution in [2.24, 2.45) is 5.92 Å². The summed E-state index contributed by atoms with van der Waals surface area (Å²) in [5, 5.41) is 14.7. The van der Waals surface area contributed by atoms with Gasteiger partial charge in [-0.05, 0) is 30.7 Å². The maximum absolute atomic E-state index is 11.4. The van der Waals surface area contributed by atoms with Crippen LogP contribution in [0.4, 0.5) is 0 Å². The van der Waals surface area contributed by atoms with Crippen molar-refractivity contribution in [3.63, 3.8) is 0 Å². The molecule has 0 saturated heterocycles. The molecule has 2 N–H and O–H groups in total. The average molecular weight is 310 g/mol. The van der Waals surface area contributed by atoms with Crippen molar-refractivity contribution >= 4 is 17.5 Å². The molecule has 1 amide bonds. The van der Waals surface area contributed by atoms with Gasteiger partial charge in [0.2, 0.25) is 0 Å². The summed E-state index contributed by atoms with van der Waals surface area (Å²) in [6.07, 6.45) is 0. The molecule has 0 radical (unpaired) electrons. The minimum Gasteiger partial charge on any atom is -0.483 e. The van der Waals surface area contributed by atoms with E-state index in [1.54, 1.807) is 12.1 Å². The van der Waals surface area contributed by atoms with E-state index < -0.39 is 0 Å². The van der Waals surface area contributed by atoms with E-state index in [1.165, 1.54) is 0 Å². The molecule has 0 aromatic heterocycles. The highest BCUT2D eigenvalue weighted by Crippen LogP contribution is 2.22. The molecule has 0 heterocycles. The topological polar surface area (TPSA) is 74.2 Å². The van der Waals surface area contributed by atoms with E-state index in [2.05, 4.69) is 24.5 Å². The second-order valence-corrected chi connectivity index (χ2v) is 5.44. The number of hydrogen-bond donors (Lipinski definition) is 2. The van der Waals surface area contributed by atoms with Crippen LogP contribution in [0.15, 0.2) is 18.2 Å². The molecule has 6 heteroatoms. The summed E-state index contributed by atoms with van der Waals surface area (Å²) in [5.74, 6) is 0.834. The molecule has 1 rings (SSSR count). The van der Waals surface area contributed by atoms with Gasteiger partial charge in [-0.1, -0.05) is 25.4 Å². The molecular formula is C15H20ClN3O2. The number of carbonyl (C=O) groups is 1. The van der Waals surface area contributed by atoms with E-state index in [9.17, 15) is 4.79 Å². The van der Waals surface area contributed by atoms with Crippen molar-refractivity contribution in [3.8, 4) is 11.8 Å². The van der Waals surface area contributed by atoms with Gasteiger partial charge in [0.05, 0.1) is 6.07 Å². The van der Waals surface area contributed by atoms with Gasteiger partial charge in [0.15, 0.2) is 6.61 Å². The Morgan fingerprint density at radius 3 is 2.90 bits per heavy atom. The van der Waals surface area contributed by atoms with Crippen molar-refractivity contribution in [1.82, 2.24) is 10.6 Å². The smallest absolute Gasteiger partial charge is 0.258 e. The first-order valence-corrected chi connectivity index (χ1v) is 7.16. The van der Waals surface area contributed by atoms with Crippen LogP contribution in [-0.2, 0) is 11.3 Å². The summed E-state index contributed by atoms with van der Waals surface area (Å²) in [5.41, 5.74) is 0.899. The number of ether oxygens (including phenoxy) is 1. The third-order valence-corrected chi connectivity index (χ3v) is 2.85. The monoisotopic (exact) mass is 309 g/mol. The van der Waals surface area contributed by atoms with Gasteiger partial charge in [0.1, 0.15) is 12.3 Å². The molecule has 0 aliphatic carbocycles. The summed E-state index contributed by atoms with van der Waals surface area (Å²) >= 11 is 5.99. The van der Waals surface area contributed by atoms with Crippen molar-refractivity contribution < 1.29 is 9.53 Å². The van der Waals surface area contributed by atoms with Gasteiger partial charge in [-0.15, -0.1) is 0 Å². The largest absolute Gasteiger partial charge is 0.483 e. The number of rotatable bonds is 8. The maximum atomic E-state index is 11.4. The number of carbonyl (C=O) groups excluding carboxylic acids is 1. The maximum Gasteiger partial charge on any atom is 0.258 e. The Labute approximate surface area is 130 Å². The Morgan fingerprint density at radius 2 is 2.24 bits per heavy atom. The minimum absolute atomic E-state index is 0.0222. The number of hydrogen-bond acceptors (Lipinski definition) is 4. The van der Waals surface area contributed by atoms with Crippen LogP contribution >= 0.6 is 11.6 Å². The molecule has 1 aromatic rings. The number of nitriles is 1. The Bertz CT molecular complexity index is 512. The van der Waals surface area contributed by atoms with E-state index in [0.717, 1.165) is 12.1 Å². The Balaban J connectivity index is 2.60. The summed E-state index contributed by atoms with van der Waals surface area (Å²) < 4.78 is 5.49. The highest BCUT2D eigenvalue weighted by Gasteiger charge is 2.08. The first-order chi connectivity index (χ1) is 10.0. The second kappa shape index (κ2) is 9.22. The highest BCUT2D eigenvalue weighted by atomic mass is 35.5. The van der Waals surface area contributed by atoms with Gasteiger partial charge < -0.3 is 15.4 Å². The van der Waals surface area contributed by atoms with Crippen molar-refractivity contribution in [1.29, 1.82) is 5.26 Å². The number of nitrogens with one attached hydrogen (secondary N) is 2. The summed E-state index contributed by atoms with van der Waals surface area (Å²) in [4.78, 5) is 11.4. The fourth-order valence-electron chi connectivity index (χ4n) is 1.65. The van der Waals surface area contributed by atoms with Crippen LogP contribution in [0.1, 0.15) is 19.4 Å². The van der Waals surface area contributed by atoms with E-state index in [0.29, 0.717) is 23.2 Å². The van der Waals surface area contributed by atoms with Crippen LogP contribution in [-0.4, -0.2) is 25.6 Å². The van der Waals surface area contributed by atoms with E-state index in [-0.39, 0.29) is 19.1 Å². The molecule has 0 atom stereocenters. The van der Waals surface area contributed by atoms with Crippen molar-refractivity contribution in [2.45, 2.75) is 20.4 Å². The molecule has 21 heavy (non-hydrogen) atoms. The lowest BCUT2D eigenvalue weighted by molar-refractivity contribution is -0.122. The lowest BCUT2D eigenvalue weighted by atomic mass is 10.2. The fraction of sp³-hybridized carbons (Fsp3) is 0.467. The molecule has 0 saturated carbocycles. The molecule has 0 fully saturated rings. The zero-order valence-corrected chi connectivity index (χ0v) is 13.0. The first-order valence-electron chi connectivity index (χ1n) is 6.78. The quantitative estimate of drug-likeness (QED) is 0.721. The highest BCUT2D eigenvalue weighted by molar-refractivity contribution is 6.30. The molecule has 0 bridgehead atoms. The first kappa shape index (κ1) is 17.3. The molecule has 0 spiro atoms. The van der Waals surface area contributed by atoms with Crippen LogP contribution in [0.2, 0.25) is 5.02 Å². The molecule has 0 aliphatic rings. The number of nitrogens with zero attached hydrogens (tertiary/aromatic N) is 1. The van der Waals surface area contributed by atoms with Crippen LogP contribution in [0.25, 0.3) is 0 Å². The van der Waals surface area contributed by atoms with Crippen molar-refractivity contribution in [3.05, 3.63) is 28.8 Å². The van der Waals surface area contributed by atoms with Gasteiger partial charge in [-0.2, -0.15) is 5.26 Å². The predicted molar refractivity (Wildman–Crippen MR) is 82.1 cm³/mol. The molecular weight excluding hydrogens is 290 g/mol. The second-order valence-electron chi connectivity index (χ2n) is 5.00. The Morgan fingerprint density at radius 1 is 1.48 bits per heavy atom. The fourth-order valence-corrected chi connectivity index (χ4v) is 1.85. The molecule has 114 valence electrons. The van der Waals surface area contributed by atoms with Crippen LogP contribution < -0.4 is 15.4 Å². The number of halogens is 1. The molecule has 0 unspecified atom stereocenters. The molecule has 0 aliphatic heterocycles. The Hall–Kier alpha value is -1.77. The van der Waals surface area contributed by atoms with Gasteiger partial charge >= 0.3 is 0 Å². The lowest BCUT2D eigenvalue weighted by Gasteiger charge is -2.13. The van der Waals surface area contributed by atoms with Gasteiger partial charge in [0.25, 0.3) is 5.91 Å². The lowest BCUT2D eigenvalue weighted by Crippen LogP contribution is -2.29. The third kappa shape index (κ3) is 6.98. The summed E-state index contributed by atoms with van der Waals surface area (Å²) in [6, 6.07) is 7.12. The van der Waals surface area contributed by atoms with Gasteiger partial charge in [0, 0.05) is 17.1 Å². The summed E-state index contributed by atoms with van der Waals surface area (Å²) in [6.45, 7) is 5.61. The molecule has 5 nitrogen and oxygen atoms in total. The number of benzene rings is 1. The standard InChI is InChI=1S/C15H20ClN3O2/c1-11(2)8-18-9-12-7-13(16)3-4-14(12)21-10-15(20)19-6-5-17/h3-4,7,11,18H,6,8-10H2,1-2H3,(H,19,20). The van der Waals surface area contributed by atoms with Gasteiger partial charge in [-0.25, -0.2) is 0 Å². The van der Waals surface area contributed by atoms with Crippen molar-refractivity contribution in [2.75, 3.05) is 19.7 Å². The minimum atomic E-state index is -0.326. The zero-order valence-electron chi connectivity index (χ0n) is 12.3. The Kier molecular flexibility index (Phi) is 7.59. The third-order valence-electron chi connectivity index (χ3n) is 2.61. The van der Waals surface area contributed by atoms with E-state index in [1.807, 2.05) is 12.1 Å². The SMILES string of the molecule is CC(C)CNCc1cc(Cl)ccc1OCC(=O)NCC#N. The summed E-state index contributed by atoms with van der Waals surface area (Å²) in [7, 11) is 0. The molecule has 1 aromatic carbocycles. The average Bonchev–Trinajstić information content (AvgIpc) is 2.43. The van der Waals surface area contributed by atoms with Crippen LogP contribution in [0.3, 0.4) is 0 Å². The predicted octanol–water partition coefficient (Wildman–Crippen LogP) is 2.10. The van der Waals surface area contributed by atoms with Crippen LogP contribution in [0, 0.1) is 17.2 Å². The zero-order chi connectivity index (χ0) is 15.7. The van der Waals surface area contributed by atoms with E-state index in [4.69, 9.17) is 21.6 Å². The van der Waals surface area contributed by atoms with Gasteiger partial charge in [-0.3, -0.25) is 4.79 Å². The van der Waals surface area contributed by atoms with E-state index >= 15 is 0 Å².